The molecule has 192 valence electrons. The van der Waals surface area contributed by atoms with E-state index in [1.54, 1.807) is 0 Å². The van der Waals surface area contributed by atoms with Gasteiger partial charge in [-0.25, -0.2) is 0 Å². The summed E-state index contributed by atoms with van der Waals surface area (Å²) in [5.74, 6) is 0. The maximum atomic E-state index is 5.52. The van der Waals surface area contributed by atoms with Crippen LogP contribution >= 0.6 is 24.4 Å². The van der Waals surface area contributed by atoms with Gasteiger partial charge >= 0.3 is 16.5 Å². The van der Waals surface area contributed by atoms with Crippen LogP contribution in [0.3, 0.4) is 0 Å². The summed E-state index contributed by atoms with van der Waals surface area (Å²) in [4.78, 5) is 4.37. The van der Waals surface area contributed by atoms with Gasteiger partial charge in [0, 0.05) is 26.4 Å². The smallest absolute Gasteiger partial charge is 0.411 e. The van der Waals surface area contributed by atoms with E-state index < -0.39 is 0 Å². The van der Waals surface area contributed by atoms with Crippen LogP contribution in [0.25, 0.3) is 0 Å². The van der Waals surface area contributed by atoms with Gasteiger partial charge in [0.05, 0.1) is 50.6 Å². The molecule has 4 rings (SSSR count). The molecule has 4 heterocycles. The summed E-state index contributed by atoms with van der Waals surface area (Å²) in [7, 11) is 0. The van der Waals surface area contributed by atoms with Crippen molar-refractivity contribution < 1.29 is 35.4 Å². The van der Waals surface area contributed by atoms with Crippen molar-refractivity contribution in [1.29, 1.82) is 0 Å². The van der Waals surface area contributed by atoms with Crippen molar-refractivity contribution in [3.8, 4) is 0 Å². The number of rotatable bonds is 4. The third-order valence-corrected chi connectivity index (χ3v) is 7.38. The molecule has 4 fully saturated rings. The predicted octanol–water partition coefficient (Wildman–Crippen LogP) is 2.95. The monoisotopic (exact) mass is 578 g/mol. The van der Waals surface area contributed by atoms with Gasteiger partial charge in [0.1, 0.15) is 0 Å². The summed E-state index contributed by atoms with van der Waals surface area (Å²) in [6, 6.07) is 1.46. The fourth-order valence-electron chi connectivity index (χ4n) is 4.97. The predicted molar refractivity (Wildman–Crippen MR) is 139 cm³/mol. The van der Waals surface area contributed by atoms with Crippen LogP contribution in [0.5, 0.6) is 0 Å². The summed E-state index contributed by atoms with van der Waals surface area (Å²) >= 11 is 20.8. The van der Waals surface area contributed by atoms with E-state index in [4.69, 9.17) is 68.6 Å². The standard InChI is InChI=1S/2C11H19NO2S2.Ni/c2*15-11(16)12(9-3-1-5-13-7-9)10-4-2-6-14-8-10;/h2*9-10H,1-8H2,(H,15,16);/q;;+2/p-2. The Morgan fingerprint density at radius 2 is 0.788 bits per heavy atom. The van der Waals surface area contributed by atoms with Crippen LogP contribution in [0.4, 0.5) is 0 Å². The zero-order chi connectivity index (χ0) is 22.8. The van der Waals surface area contributed by atoms with Gasteiger partial charge in [0.15, 0.2) is 0 Å². The topological polar surface area (TPSA) is 43.4 Å². The first-order valence-corrected chi connectivity index (χ1v) is 13.5. The zero-order valence-electron chi connectivity index (χ0n) is 19.1. The van der Waals surface area contributed by atoms with Crippen molar-refractivity contribution in [2.24, 2.45) is 0 Å². The van der Waals surface area contributed by atoms with Gasteiger partial charge in [-0.3, -0.25) is 0 Å². The number of nitrogens with zero attached hydrogens (tertiary/aromatic N) is 2. The molecule has 0 spiro atoms. The van der Waals surface area contributed by atoms with Crippen molar-refractivity contribution in [2.45, 2.75) is 75.5 Å². The molecule has 0 bridgehead atoms. The van der Waals surface area contributed by atoms with Crippen LogP contribution in [-0.4, -0.2) is 95.5 Å². The Morgan fingerprint density at radius 3 is 0.939 bits per heavy atom. The van der Waals surface area contributed by atoms with E-state index in [0.717, 1.165) is 104 Å². The average Bonchev–Trinajstić information content (AvgIpc) is 2.82. The number of thiocarbonyl (C=S) groups is 2. The van der Waals surface area contributed by atoms with Crippen LogP contribution in [-0.2, 0) is 60.7 Å². The molecule has 0 aromatic heterocycles. The molecule has 0 amide bonds. The van der Waals surface area contributed by atoms with Crippen LogP contribution < -0.4 is 0 Å². The third-order valence-electron chi connectivity index (χ3n) is 6.54. The second kappa shape index (κ2) is 16.3. The molecule has 6 nitrogen and oxygen atoms in total. The fourth-order valence-corrected chi connectivity index (χ4v) is 6.16. The second-order valence-corrected chi connectivity index (χ2v) is 10.9. The quantitative estimate of drug-likeness (QED) is 0.282. The summed E-state index contributed by atoms with van der Waals surface area (Å²) in [5, 5.41) is 0. The van der Waals surface area contributed by atoms with Crippen molar-refractivity contribution >= 4 is 58.3 Å². The van der Waals surface area contributed by atoms with Gasteiger partial charge < -0.3 is 78.4 Å². The van der Waals surface area contributed by atoms with Crippen LogP contribution in [0.1, 0.15) is 51.4 Å². The molecule has 0 radical (unpaired) electrons. The van der Waals surface area contributed by atoms with E-state index >= 15 is 0 Å². The minimum Gasteiger partial charge on any atom is -0.411 e. The van der Waals surface area contributed by atoms with Crippen LogP contribution in [0.15, 0.2) is 0 Å². The van der Waals surface area contributed by atoms with Gasteiger partial charge in [-0.1, -0.05) is 8.64 Å². The molecule has 4 saturated heterocycles. The molecule has 33 heavy (non-hydrogen) atoms. The van der Waals surface area contributed by atoms with Gasteiger partial charge in [0.2, 0.25) is 0 Å². The summed E-state index contributed by atoms with van der Waals surface area (Å²) < 4.78 is 23.2. The van der Waals surface area contributed by atoms with Gasteiger partial charge in [0.25, 0.3) is 0 Å². The molecular weight excluding hydrogens is 543 g/mol. The van der Waals surface area contributed by atoms with E-state index in [9.17, 15) is 0 Å². The summed E-state index contributed by atoms with van der Waals surface area (Å²) in [6.07, 6.45) is 8.94. The normalized spacial score (nSPS) is 30.1. The fraction of sp³-hybridized carbons (Fsp3) is 0.909. The number of hydrogen-bond acceptors (Lipinski definition) is 8. The second-order valence-electron chi connectivity index (χ2n) is 8.83. The molecule has 0 aromatic carbocycles. The van der Waals surface area contributed by atoms with E-state index in [0.29, 0.717) is 32.8 Å². The first-order chi connectivity index (χ1) is 15.6. The SMILES string of the molecule is S=C([S-])N(C1CCCOC1)C1CCCOC1.S=C([S-])N(C1CCCOC1)C1CCCOC1.[Ni+2]. The maximum Gasteiger partial charge on any atom is 2.00 e. The first-order valence-electron chi connectivity index (χ1n) is 11.9. The van der Waals surface area contributed by atoms with Crippen molar-refractivity contribution in [3.63, 3.8) is 0 Å². The Balaban J connectivity index is 0.000000227. The largest absolute Gasteiger partial charge is 2.00 e. The Labute approximate surface area is 230 Å². The van der Waals surface area contributed by atoms with Gasteiger partial charge in [-0.05, 0) is 51.4 Å². The molecule has 4 aliphatic rings. The van der Waals surface area contributed by atoms with E-state index in [1.807, 2.05) is 0 Å². The molecular formula is C22H36N2NiO4S4. The van der Waals surface area contributed by atoms with E-state index in [2.05, 4.69) is 9.80 Å². The van der Waals surface area contributed by atoms with Crippen molar-refractivity contribution in [3.05, 3.63) is 0 Å². The maximum absolute atomic E-state index is 5.52. The average molecular weight is 580 g/mol. The van der Waals surface area contributed by atoms with E-state index in [1.165, 1.54) is 0 Å². The first kappa shape index (κ1) is 29.8. The minimum atomic E-state index is 0. The van der Waals surface area contributed by atoms with Gasteiger partial charge in [-0.2, -0.15) is 0 Å². The van der Waals surface area contributed by atoms with Crippen LogP contribution in [0, 0.1) is 0 Å². The number of ether oxygens (including phenoxy) is 4. The molecule has 4 unspecified atom stereocenters. The Morgan fingerprint density at radius 1 is 0.545 bits per heavy atom. The Hall–Kier alpha value is 0.554. The third kappa shape index (κ3) is 9.50. The van der Waals surface area contributed by atoms with E-state index in [-0.39, 0.29) is 16.5 Å². The number of hydrogen-bond donors (Lipinski definition) is 0. The molecule has 0 N–H and O–H groups in total. The molecule has 4 aliphatic heterocycles. The Bertz CT molecular complexity index is 497. The Kier molecular flexibility index (Phi) is 14.7. The zero-order valence-corrected chi connectivity index (χ0v) is 23.4. The summed E-state index contributed by atoms with van der Waals surface area (Å²) in [6.45, 7) is 6.51. The molecule has 0 aliphatic carbocycles. The molecule has 0 saturated carbocycles. The minimum absolute atomic E-state index is 0. The van der Waals surface area contributed by atoms with Crippen molar-refractivity contribution in [2.75, 3.05) is 52.9 Å². The van der Waals surface area contributed by atoms with Gasteiger partial charge in [-0.15, -0.1) is 0 Å². The van der Waals surface area contributed by atoms with Crippen LogP contribution in [0.2, 0.25) is 0 Å². The molecule has 11 heteroatoms. The summed E-state index contributed by atoms with van der Waals surface area (Å²) in [5.41, 5.74) is 0. The van der Waals surface area contributed by atoms with Crippen molar-refractivity contribution in [1.82, 2.24) is 9.80 Å². The molecule has 0 aromatic rings. The molecule has 4 atom stereocenters.